The fourth-order valence-electron chi connectivity index (χ4n) is 3.81. The molecule has 0 atom stereocenters. The normalized spacial score (nSPS) is 11.4. The first-order valence-electron chi connectivity index (χ1n) is 9.72. The lowest BCUT2D eigenvalue weighted by Crippen LogP contribution is -1.93. The molecule has 0 aliphatic carbocycles. The molecule has 6 rings (SSSR count). The van der Waals surface area contributed by atoms with E-state index in [2.05, 4.69) is 35.1 Å². The summed E-state index contributed by atoms with van der Waals surface area (Å²) in [4.78, 5) is 19.9. The van der Waals surface area contributed by atoms with E-state index in [-0.39, 0.29) is 16.9 Å². The van der Waals surface area contributed by atoms with Gasteiger partial charge in [0.05, 0.1) is 28.1 Å². The van der Waals surface area contributed by atoms with Crippen LogP contribution in [0.2, 0.25) is 0 Å². The molecule has 0 spiro atoms. The largest absolute Gasteiger partial charge is 0.337 e. The third-order valence-electron chi connectivity index (χ3n) is 5.28. The smallest absolute Gasteiger partial charge is 0.161 e. The molecule has 0 aliphatic heterocycles. The maximum Gasteiger partial charge on any atom is 0.161 e. The van der Waals surface area contributed by atoms with Crippen LogP contribution in [0.4, 0.5) is 8.78 Å². The molecule has 0 bridgehead atoms. The molecular weight excluding hydrogens is 412 g/mol. The highest BCUT2D eigenvalue weighted by atomic mass is 19.1. The Balaban J connectivity index is 1.56. The number of imidazole rings is 1. The Morgan fingerprint density at radius 1 is 0.781 bits per heavy atom. The van der Waals surface area contributed by atoms with Crippen LogP contribution in [0.15, 0.2) is 67.4 Å². The van der Waals surface area contributed by atoms with E-state index in [1.165, 1.54) is 31.0 Å². The number of halogens is 2. The summed E-state index contributed by atoms with van der Waals surface area (Å²) in [5, 5.41) is 7.32. The minimum Gasteiger partial charge on any atom is -0.337 e. The number of aromatic nitrogens is 7. The number of hydrogen-bond acceptors (Lipinski definition) is 5. The van der Waals surface area contributed by atoms with Crippen molar-refractivity contribution < 1.29 is 8.78 Å². The summed E-state index contributed by atoms with van der Waals surface area (Å²) in [7, 11) is 0. The molecule has 0 amide bonds. The van der Waals surface area contributed by atoms with E-state index in [1.54, 1.807) is 24.3 Å². The van der Waals surface area contributed by atoms with Gasteiger partial charge >= 0.3 is 0 Å². The molecule has 154 valence electrons. The van der Waals surface area contributed by atoms with E-state index < -0.39 is 5.82 Å². The minimum atomic E-state index is -0.559. The average Bonchev–Trinajstić information content (AvgIpc) is 3.45. The standard InChI is InChI=1S/C23H13F2N7/c24-15-6-2-1-4-13(15)14-5-3-7-16-21(14)30-23(29-16)22-18-17(31-32-22)10-28-20(19(18)25)12-8-26-11-27-9-12/h1-11H,(H,29,30)(H,31,32). The Labute approximate surface area is 179 Å². The van der Waals surface area contributed by atoms with Gasteiger partial charge < -0.3 is 4.98 Å². The van der Waals surface area contributed by atoms with Crippen molar-refractivity contribution in [3.05, 3.63) is 79.0 Å². The van der Waals surface area contributed by atoms with Gasteiger partial charge in [-0.1, -0.05) is 30.3 Å². The molecule has 4 aromatic heterocycles. The number of nitrogens with one attached hydrogen (secondary N) is 2. The molecular formula is C23H13F2N7. The van der Waals surface area contributed by atoms with Crippen LogP contribution in [0.5, 0.6) is 0 Å². The van der Waals surface area contributed by atoms with E-state index >= 15 is 4.39 Å². The zero-order valence-corrected chi connectivity index (χ0v) is 16.3. The third-order valence-corrected chi connectivity index (χ3v) is 5.28. The number of aromatic amines is 2. The van der Waals surface area contributed by atoms with E-state index in [0.717, 1.165) is 0 Å². The summed E-state index contributed by atoms with van der Waals surface area (Å²) in [5.74, 6) is -0.548. The van der Waals surface area contributed by atoms with Crippen LogP contribution in [0, 0.1) is 11.6 Å². The molecule has 9 heteroatoms. The van der Waals surface area contributed by atoms with E-state index in [1.807, 2.05) is 12.1 Å². The van der Waals surface area contributed by atoms with Gasteiger partial charge in [0.15, 0.2) is 11.6 Å². The Kier molecular flexibility index (Phi) is 4.00. The van der Waals surface area contributed by atoms with Crippen molar-refractivity contribution in [1.29, 1.82) is 0 Å². The topological polar surface area (TPSA) is 96.0 Å². The average molecular weight is 425 g/mol. The Morgan fingerprint density at radius 2 is 1.59 bits per heavy atom. The summed E-state index contributed by atoms with van der Waals surface area (Å²) in [6.45, 7) is 0. The number of fused-ring (bicyclic) bond motifs is 2. The summed E-state index contributed by atoms with van der Waals surface area (Å²) >= 11 is 0. The van der Waals surface area contributed by atoms with Gasteiger partial charge in [-0.2, -0.15) is 5.10 Å². The molecule has 0 saturated heterocycles. The SMILES string of the molecule is Fc1ccccc1-c1cccc2[nH]c(-c3n[nH]c4cnc(-c5cncnc5)c(F)c34)nc12. The predicted molar refractivity (Wildman–Crippen MR) is 115 cm³/mol. The van der Waals surface area contributed by atoms with E-state index in [9.17, 15) is 4.39 Å². The predicted octanol–water partition coefficient (Wildman–Crippen LogP) is 4.90. The van der Waals surface area contributed by atoms with Gasteiger partial charge in [-0.15, -0.1) is 0 Å². The number of benzene rings is 2. The zero-order chi connectivity index (χ0) is 21.7. The minimum absolute atomic E-state index is 0.115. The first-order chi connectivity index (χ1) is 15.7. The van der Waals surface area contributed by atoms with E-state index in [0.29, 0.717) is 44.8 Å². The molecule has 0 fully saturated rings. The number of nitrogens with zero attached hydrogens (tertiary/aromatic N) is 5. The van der Waals surface area contributed by atoms with Crippen LogP contribution in [0.1, 0.15) is 0 Å². The number of pyridine rings is 1. The highest BCUT2D eigenvalue weighted by molar-refractivity contribution is 5.98. The van der Waals surface area contributed by atoms with Crippen LogP contribution >= 0.6 is 0 Å². The van der Waals surface area contributed by atoms with Crippen molar-refractivity contribution in [2.45, 2.75) is 0 Å². The molecule has 32 heavy (non-hydrogen) atoms. The molecule has 0 unspecified atom stereocenters. The van der Waals surface area contributed by atoms with Crippen molar-refractivity contribution in [3.63, 3.8) is 0 Å². The number of H-pyrrole nitrogens is 2. The van der Waals surface area contributed by atoms with Gasteiger partial charge in [0, 0.05) is 29.1 Å². The highest BCUT2D eigenvalue weighted by Gasteiger charge is 2.21. The van der Waals surface area contributed by atoms with Crippen molar-refractivity contribution in [3.8, 4) is 33.9 Å². The van der Waals surface area contributed by atoms with Gasteiger partial charge in [-0.3, -0.25) is 10.1 Å². The second-order valence-corrected chi connectivity index (χ2v) is 7.18. The van der Waals surface area contributed by atoms with Crippen LogP contribution in [0.3, 0.4) is 0 Å². The van der Waals surface area contributed by atoms with Crippen molar-refractivity contribution in [1.82, 2.24) is 35.1 Å². The van der Waals surface area contributed by atoms with Crippen molar-refractivity contribution in [2.75, 3.05) is 0 Å². The van der Waals surface area contributed by atoms with Crippen LogP contribution in [0.25, 0.3) is 55.8 Å². The second-order valence-electron chi connectivity index (χ2n) is 7.18. The quantitative estimate of drug-likeness (QED) is 0.420. The van der Waals surface area contributed by atoms with Gasteiger partial charge in [0.1, 0.15) is 23.5 Å². The summed E-state index contributed by atoms with van der Waals surface area (Å²) in [6.07, 6.45) is 5.85. The molecule has 2 aromatic carbocycles. The monoisotopic (exact) mass is 425 g/mol. The molecule has 0 radical (unpaired) electrons. The fourth-order valence-corrected chi connectivity index (χ4v) is 3.81. The van der Waals surface area contributed by atoms with Gasteiger partial charge in [-0.25, -0.2) is 23.7 Å². The van der Waals surface area contributed by atoms with Crippen LogP contribution in [-0.2, 0) is 0 Å². The van der Waals surface area contributed by atoms with Crippen molar-refractivity contribution >= 4 is 21.9 Å². The van der Waals surface area contributed by atoms with Crippen LogP contribution in [-0.4, -0.2) is 35.1 Å². The Morgan fingerprint density at radius 3 is 2.44 bits per heavy atom. The number of hydrogen-bond donors (Lipinski definition) is 2. The summed E-state index contributed by atoms with van der Waals surface area (Å²) in [5.41, 5.74) is 3.60. The Bertz CT molecular complexity index is 1610. The summed E-state index contributed by atoms with van der Waals surface area (Å²) < 4.78 is 29.9. The first kappa shape index (κ1) is 18.3. The van der Waals surface area contributed by atoms with Crippen LogP contribution < -0.4 is 0 Å². The Hall–Kier alpha value is -4.53. The maximum absolute atomic E-state index is 15.5. The first-order valence-corrected chi connectivity index (χ1v) is 9.72. The summed E-state index contributed by atoms with van der Waals surface area (Å²) in [6, 6.07) is 11.9. The van der Waals surface area contributed by atoms with Crippen molar-refractivity contribution in [2.24, 2.45) is 0 Å². The maximum atomic E-state index is 15.5. The van der Waals surface area contributed by atoms with Gasteiger partial charge in [0.25, 0.3) is 0 Å². The molecule has 4 heterocycles. The molecule has 0 saturated carbocycles. The number of para-hydroxylation sites is 1. The fraction of sp³-hybridized carbons (Fsp3) is 0. The zero-order valence-electron chi connectivity index (χ0n) is 16.3. The third kappa shape index (κ3) is 2.75. The number of rotatable bonds is 3. The molecule has 2 N–H and O–H groups in total. The molecule has 6 aromatic rings. The second kappa shape index (κ2) is 7.02. The van der Waals surface area contributed by atoms with E-state index in [4.69, 9.17) is 0 Å². The van der Waals surface area contributed by atoms with Gasteiger partial charge in [0.2, 0.25) is 0 Å². The molecule has 7 nitrogen and oxygen atoms in total. The lowest BCUT2D eigenvalue weighted by molar-refractivity contribution is 0.631. The lowest BCUT2D eigenvalue weighted by Gasteiger charge is -2.03. The highest BCUT2D eigenvalue weighted by Crippen LogP contribution is 2.34. The molecule has 0 aliphatic rings. The lowest BCUT2D eigenvalue weighted by atomic mass is 10.0. The van der Waals surface area contributed by atoms with Gasteiger partial charge in [-0.05, 0) is 12.1 Å².